The molecule has 0 radical (unpaired) electrons. The fourth-order valence-electron chi connectivity index (χ4n) is 1.14. The van der Waals surface area contributed by atoms with Gasteiger partial charge in [-0.2, -0.15) is 0 Å². The number of nitrogens with one attached hydrogen (secondary N) is 1. The van der Waals surface area contributed by atoms with Gasteiger partial charge < -0.3 is 9.52 Å². The van der Waals surface area contributed by atoms with E-state index in [4.69, 9.17) is 9.52 Å². The standard InChI is InChI=1S/C9H8N2O5S2/c12-9(13)7-1-2-8(16-7)18(14,15)11-3-6-4-17-5-10-6/h1-2,4-5,11H,3H2,(H,12,13). The molecule has 9 heteroatoms. The van der Waals surface area contributed by atoms with E-state index in [0.717, 1.165) is 12.1 Å². The molecule has 2 rings (SSSR count). The number of carbonyl (C=O) groups is 1. The highest BCUT2D eigenvalue weighted by Crippen LogP contribution is 2.14. The van der Waals surface area contributed by atoms with E-state index in [9.17, 15) is 13.2 Å². The van der Waals surface area contributed by atoms with Crippen LogP contribution in [0.3, 0.4) is 0 Å². The number of rotatable bonds is 5. The summed E-state index contributed by atoms with van der Waals surface area (Å²) in [5.41, 5.74) is 2.16. The first-order valence-corrected chi connectivity index (χ1v) is 7.11. The fraction of sp³-hybridized carbons (Fsp3) is 0.111. The Morgan fingerprint density at radius 3 is 2.83 bits per heavy atom. The SMILES string of the molecule is O=C(O)c1ccc(S(=O)(=O)NCc2cscn2)o1. The lowest BCUT2D eigenvalue weighted by molar-refractivity contribution is 0.0656. The molecule has 0 spiro atoms. The Kier molecular flexibility index (Phi) is 3.45. The third-order valence-electron chi connectivity index (χ3n) is 1.98. The quantitative estimate of drug-likeness (QED) is 0.846. The summed E-state index contributed by atoms with van der Waals surface area (Å²) in [5, 5.41) is 9.89. The Hall–Kier alpha value is -1.71. The molecule has 0 saturated carbocycles. The molecule has 0 amide bonds. The van der Waals surface area contributed by atoms with Crippen LogP contribution in [0.1, 0.15) is 16.2 Å². The zero-order chi connectivity index (χ0) is 13.2. The first-order chi connectivity index (χ1) is 8.49. The molecule has 18 heavy (non-hydrogen) atoms. The molecule has 2 aromatic heterocycles. The zero-order valence-corrected chi connectivity index (χ0v) is 10.5. The van der Waals surface area contributed by atoms with Gasteiger partial charge in [0.2, 0.25) is 10.9 Å². The predicted molar refractivity (Wildman–Crippen MR) is 61.8 cm³/mol. The monoisotopic (exact) mass is 288 g/mol. The highest BCUT2D eigenvalue weighted by Gasteiger charge is 2.20. The lowest BCUT2D eigenvalue weighted by Crippen LogP contribution is -2.22. The molecule has 0 saturated heterocycles. The summed E-state index contributed by atoms with van der Waals surface area (Å²) in [6.07, 6.45) is 0. The fourth-order valence-corrected chi connectivity index (χ4v) is 2.63. The van der Waals surface area contributed by atoms with Crippen LogP contribution in [0, 0.1) is 0 Å². The lowest BCUT2D eigenvalue weighted by atomic mass is 10.5. The van der Waals surface area contributed by atoms with Crippen molar-refractivity contribution in [3.05, 3.63) is 34.5 Å². The van der Waals surface area contributed by atoms with Crippen LogP contribution in [0.4, 0.5) is 0 Å². The largest absolute Gasteiger partial charge is 0.475 e. The van der Waals surface area contributed by atoms with E-state index in [1.807, 2.05) is 0 Å². The Bertz CT molecular complexity index is 644. The molecule has 7 nitrogen and oxygen atoms in total. The molecule has 2 N–H and O–H groups in total. The average molecular weight is 288 g/mol. The topological polar surface area (TPSA) is 110 Å². The van der Waals surface area contributed by atoms with Gasteiger partial charge >= 0.3 is 5.97 Å². The van der Waals surface area contributed by atoms with Crippen LogP contribution in [0.15, 0.2) is 32.5 Å². The normalized spacial score (nSPS) is 11.6. The number of sulfonamides is 1. The van der Waals surface area contributed by atoms with E-state index < -0.39 is 26.8 Å². The number of furan rings is 1. The Labute approximate surface area is 106 Å². The number of carboxylic acid groups (broad SMARTS) is 1. The van der Waals surface area contributed by atoms with Crippen molar-refractivity contribution in [2.75, 3.05) is 0 Å². The summed E-state index contributed by atoms with van der Waals surface area (Å²) >= 11 is 1.35. The minimum Gasteiger partial charge on any atom is -0.475 e. The van der Waals surface area contributed by atoms with E-state index in [0.29, 0.717) is 5.69 Å². The van der Waals surface area contributed by atoms with Crippen LogP contribution in [0.2, 0.25) is 0 Å². The number of aromatic nitrogens is 1. The second-order valence-electron chi connectivity index (χ2n) is 3.23. The lowest BCUT2D eigenvalue weighted by Gasteiger charge is -2.01. The van der Waals surface area contributed by atoms with Crippen molar-refractivity contribution < 1.29 is 22.7 Å². The van der Waals surface area contributed by atoms with Gasteiger partial charge in [-0.1, -0.05) is 0 Å². The van der Waals surface area contributed by atoms with E-state index in [1.165, 1.54) is 11.3 Å². The van der Waals surface area contributed by atoms with Crippen LogP contribution >= 0.6 is 11.3 Å². The van der Waals surface area contributed by atoms with Gasteiger partial charge in [0.15, 0.2) is 0 Å². The Morgan fingerprint density at radius 2 is 2.28 bits per heavy atom. The second-order valence-corrected chi connectivity index (χ2v) is 5.64. The molecule has 96 valence electrons. The molecule has 0 fully saturated rings. The highest BCUT2D eigenvalue weighted by molar-refractivity contribution is 7.89. The van der Waals surface area contributed by atoms with Gasteiger partial charge in [-0.25, -0.2) is 22.9 Å². The number of nitrogens with zero attached hydrogens (tertiary/aromatic N) is 1. The number of thiazole rings is 1. The van der Waals surface area contributed by atoms with Gasteiger partial charge in [-0.05, 0) is 12.1 Å². The molecular weight excluding hydrogens is 280 g/mol. The molecular formula is C9H8N2O5S2. The van der Waals surface area contributed by atoms with Crippen molar-refractivity contribution in [1.29, 1.82) is 0 Å². The number of aromatic carboxylic acids is 1. The average Bonchev–Trinajstić information content (AvgIpc) is 2.98. The van der Waals surface area contributed by atoms with Crippen LogP contribution < -0.4 is 4.72 Å². The number of hydrogen-bond acceptors (Lipinski definition) is 6. The zero-order valence-electron chi connectivity index (χ0n) is 8.86. The first-order valence-electron chi connectivity index (χ1n) is 4.69. The summed E-state index contributed by atoms with van der Waals surface area (Å²) in [7, 11) is -3.86. The minimum atomic E-state index is -3.86. The number of carboxylic acids is 1. The third kappa shape index (κ3) is 2.75. The summed E-state index contributed by atoms with van der Waals surface area (Å²) in [6, 6.07) is 2.17. The summed E-state index contributed by atoms with van der Waals surface area (Å²) < 4.78 is 30.5. The smallest absolute Gasteiger partial charge is 0.371 e. The van der Waals surface area contributed by atoms with Gasteiger partial charge in [0.1, 0.15) is 0 Å². The first kappa shape index (κ1) is 12.7. The van der Waals surface area contributed by atoms with Crippen molar-refractivity contribution in [3.8, 4) is 0 Å². The van der Waals surface area contributed by atoms with E-state index >= 15 is 0 Å². The van der Waals surface area contributed by atoms with Crippen molar-refractivity contribution in [1.82, 2.24) is 9.71 Å². The minimum absolute atomic E-state index is 0.0228. The van der Waals surface area contributed by atoms with Gasteiger partial charge in [-0.15, -0.1) is 11.3 Å². The van der Waals surface area contributed by atoms with Gasteiger partial charge in [-0.3, -0.25) is 0 Å². The van der Waals surface area contributed by atoms with Crippen LogP contribution in [0.5, 0.6) is 0 Å². The number of hydrogen-bond donors (Lipinski definition) is 2. The third-order valence-corrected chi connectivity index (χ3v) is 3.89. The van der Waals surface area contributed by atoms with E-state index in [1.54, 1.807) is 10.9 Å². The van der Waals surface area contributed by atoms with Crippen molar-refractivity contribution >= 4 is 27.3 Å². The van der Waals surface area contributed by atoms with Crippen molar-refractivity contribution in [2.24, 2.45) is 0 Å². The molecule has 2 aromatic rings. The maximum atomic E-state index is 11.7. The Balaban J connectivity index is 2.12. The molecule has 0 aliphatic heterocycles. The van der Waals surface area contributed by atoms with Crippen molar-refractivity contribution in [3.63, 3.8) is 0 Å². The van der Waals surface area contributed by atoms with Gasteiger partial charge in [0.25, 0.3) is 10.0 Å². The summed E-state index contributed by atoms with van der Waals surface area (Å²) in [5.74, 6) is -1.75. The summed E-state index contributed by atoms with van der Waals surface area (Å²) in [4.78, 5) is 14.5. The maximum Gasteiger partial charge on any atom is 0.371 e. The molecule has 2 heterocycles. The van der Waals surface area contributed by atoms with E-state index in [2.05, 4.69) is 9.71 Å². The molecule has 0 aliphatic rings. The molecule has 0 aromatic carbocycles. The molecule has 0 atom stereocenters. The van der Waals surface area contributed by atoms with Crippen LogP contribution in [-0.4, -0.2) is 24.5 Å². The second kappa shape index (κ2) is 4.88. The maximum absolute atomic E-state index is 11.7. The van der Waals surface area contributed by atoms with Gasteiger partial charge in [0.05, 0.1) is 17.7 Å². The summed E-state index contributed by atoms with van der Waals surface area (Å²) in [6.45, 7) is 0.0228. The van der Waals surface area contributed by atoms with E-state index in [-0.39, 0.29) is 6.54 Å². The molecule has 0 bridgehead atoms. The molecule has 0 aliphatic carbocycles. The van der Waals surface area contributed by atoms with Crippen LogP contribution in [0.25, 0.3) is 0 Å². The van der Waals surface area contributed by atoms with Crippen molar-refractivity contribution in [2.45, 2.75) is 11.6 Å². The Morgan fingerprint density at radius 1 is 1.50 bits per heavy atom. The molecule has 0 unspecified atom stereocenters. The van der Waals surface area contributed by atoms with Crippen LogP contribution in [-0.2, 0) is 16.6 Å². The van der Waals surface area contributed by atoms with Gasteiger partial charge in [0, 0.05) is 5.38 Å². The predicted octanol–water partition coefficient (Wildman–Crippen LogP) is 0.913. The highest BCUT2D eigenvalue weighted by atomic mass is 32.2.